The molecule has 116 valence electrons. The van der Waals surface area contributed by atoms with Crippen molar-refractivity contribution < 1.29 is 19.2 Å². The van der Waals surface area contributed by atoms with Crippen molar-refractivity contribution in [2.75, 3.05) is 7.11 Å². The number of ether oxygens (including phenoxy) is 1. The standard InChI is InChI=1S/C15H22N2O4/c1-15(2,3)21-17(11-18)10-13-7-5-12(9-16-13)6-8-14(19)20-4/h5,7,9,11H,6,8,10H2,1-4H3. The van der Waals surface area contributed by atoms with Gasteiger partial charge < -0.3 is 4.74 Å². The number of aryl methyl sites for hydroxylation is 1. The lowest BCUT2D eigenvalue weighted by Gasteiger charge is -2.26. The molecule has 0 fully saturated rings. The predicted molar refractivity (Wildman–Crippen MR) is 77.0 cm³/mol. The normalized spacial score (nSPS) is 11.0. The maximum absolute atomic E-state index is 11.1. The summed E-state index contributed by atoms with van der Waals surface area (Å²) in [4.78, 5) is 31.8. The summed E-state index contributed by atoms with van der Waals surface area (Å²) in [5, 5.41) is 1.22. The number of hydroxylamine groups is 2. The fourth-order valence-electron chi connectivity index (χ4n) is 1.65. The average Bonchev–Trinajstić information content (AvgIpc) is 2.44. The van der Waals surface area contributed by atoms with Crippen molar-refractivity contribution in [3.8, 4) is 0 Å². The first-order valence-corrected chi connectivity index (χ1v) is 6.76. The van der Waals surface area contributed by atoms with Gasteiger partial charge in [0.05, 0.1) is 24.9 Å². The van der Waals surface area contributed by atoms with Gasteiger partial charge in [-0.15, -0.1) is 0 Å². The summed E-state index contributed by atoms with van der Waals surface area (Å²) >= 11 is 0. The van der Waals surface area contributed by atoms with Crippen molar-refractivity contribution in [1.29, 1.82) is 0 Å². The topological polar surface area (TPSA) is 68.7 Å². The second-order valence-electron chi connectivity index (χ2n) is 5.62. The highest BCUT2D eigenvalue weighted by molar-refractivity contribution is 5.69. The molecule has 1 aromatic rings. The summed E-state index contributed by atoms with van der Waals surface area (Å²) in [6.07, 6.45) is 3.23. The van der Waals surface area contributed by atoms with E-state index in [1.807, 2.05) is 32.9 Å². The van der Waals surface area contributed by atoms with Crippen LogP contribution < -0.4 is 0 Å². The van der Waals surface area contributed by atoms with Crippen molar-refractivity contribution >= 4 is 12.4 Å². The highest BCUT2D eigenvalue weighted by Gasteiger charge is 2.16. The van der Waals surface area contributed by atoms with Gasteiger partial charge in [-0.1, -0.05) is 6.07 Å². The Kier molecular flexibility index (Phi) is 6.30. The van der Waals surface area contributed by atoms with E-state index < -0.39 is 5.60 Å². The average molecular weight is 294 g/mol. The third-order valence-corrected chi connectivity index (χ3v) is 2.56. The molecule has 1 aromatic heterocycles. The van der Waals surface area contributed by atoms with Crippen molar-refractivity contribution in [1.82, 2.24) is 10.0 Å². The molecule has 0 N–H and O–H groups in total. The highest BCUT2D eigenvalue weighted by atomic mass is 16.7. The molecule has 0 bridgehead atoms. The molecule has 0 aliphatic rings. The van der Waals surface area contributed by atoms with E-state index >= 15 is 0 Å². The molecular weight excluding hydrogens is 272 g/mol. The van der Waals surface area contributed by atoms with Crippen LogP contribution in [0.2, 0.25) is 0 Å². The van der Waals surface area contributed by atoms with Crippen LogP contribution in [0.1, 0.15) is 38.4 Å². The minimum atomic E-state index is -0.443. The van der Waals surface area contributed by atoms with Gasteiger partial charge >= 0.3 is 5.97 Å². The third kappa shape index (κ3) is 6.85. The van der Waals surface area contributed by atoms with Crippen molar-refractivity contribution in [3.63, 3.8) is 0 Å². The van der Waals surface area contributed by atoms with Crippen molar-refractivity contribution in [2.45, 2.75) is 45.8 Å². The Bertz CT molecular complexity index is 466. The molecule has 1 heterocycles. The molecule has 0 aliphatic heterocycles. The molecule has 21 heavy (non-hydrogen) atoms. The van der Waals surface area contributed by atoms with E-state index in [-0.39, 0.29) is 12.5 Å². The quantitative estimate of drug-likeness (QED) is 0.436. The van der Waals surface area contributed by atoms with Gasteiger partial charge in [-0.25, -0.2) is 5.06 Å². The summed E-state index contributed by atoms with van der Waals surface area (Å²) in [5.41, 5.74) is 1.22. The summed E-state index contributed by atoms with van der Waals surface area (Å²) in [5.74, 6) is -0.246. The number of methoxy groups -OCH3 is 1. The summed E-state index contributed by atoms with van der Waals surface area (Å²) < 4.78 is 4.59. The van der Waals surface area contributed by atoms with E-state index in [2.05, 4.69) is 9.72 Å². The molecule has 0 saturated carbocycles. The number of pyridine rings is 1. The van der Waals surface area contributed by atoms with Crippen LogP contribution in [0.15, 0.2) is 18.3 Å². The molecule has 6 nitrogen and oxygen atoms in total. The monoisotopic (exact) mass is 294 g/mol. The lowest BCUT2D eigenvalue weighted by Crippen LogP contribution is -2.32. The number of carbonyl (C=O) groups excluding carboxylic acids is 2. The number of amides is 1. The maximum Gasteiger partial charge on any atom is 0.305 e. The number of esters is 1. The zero-order valence-corrected chi connectivity index (χ0v) is 13.0. The lowest BCUT2D eigenvalue weighted by molar-refractivity contribution is -0.220. The van der Waals surface area contributed by atoms with Crippen LogP contribution in [0.3, 0.4) is 0 Å². The van der Waals surface area contributed by atoms with Gasteiger partial charge in [-0.3, -0.25) is 19.4 Å². The van der Waals surface area contributed by atoms with E-state index in [9.17, 15) is 9.59 Å². The highest BCUT2D eigenvalue weighted by Crippen LogP contribution is 2.12. The molecule has 0 saturated heterocycles. The van der Waals surface area contributed by atoms with E-state index in [0.717, 1.165) is 5.56 Å². The molecule has 0 spiro atoms. The second-order valence-corrected chi connectivity index (χ2v) is 5.62. The minimum Gasteiger partial charge on any atom is -0.469 e. The zero-order chi connectivity index (χ0) is 15.9. The second kappa shape index (κ2) is 7.73. The number of hydrogen-bond donors (Lipinski definition) is 0. The van der Waals surface area contributed by atoms with Crippen molar-refractivity contribution in [2.24, 2.45) is 0 Å². The van der Waals surface area contributed by atoms with Crippen LogP contribution in [0.25, 0.3) is 0 Å². The first-order valence-electron chi connectivity index (χ1n) is 6.76. The minimum absolute atomic E-state index is 0.246. The Hall–Kier alpha value is -1.95. The molecule has 1 amide bonds. The first-order chi connectivity index (χ1) is 9.84. The summed E-state index contributed by atoms with van der Waals surface area (Å²) in [7, 11) is 1.37. The lowest BCUT2D eigenvalue weighted by atomic mass is 10.1. The summed E-state index contributed by atoms with van der Waals surface area (Å²) in [6, 6.07) is 3.69. The molecule has 0 radical (unpaired) electrons. The number of rotatable bonds is 7. The van der Waals surface area contributed by atoms with Crippen molar-refractivity contribution in [3.05, 3.63) is 29.6 Å². The zero-order valence-electron chi connectivity index (χ0n) is 13.0. The van der Waals surface area contributed by atoms with Crippen LogP contribution in [-0.2, 0) is 32.1 Å². The van der Waals surface area contributed by atoms with Crippen LogP contribution >= 0.6 is 0 Å². The fourth-order valence-corrected chi connectivity index (χ4v) is 1.65. The number of carbonyl (C=O) groups is 2. The third-order valence-electron chi connectivity index (χ3n) is 2.56. The van der Waals surface area contributed by atoms with E-state index in [4.69, 9.17) is 4.84 Å². The van der Waals surface area contributed by atoms with Gasteiger partial charge in [0.15, 0.2) is 0 Å². The van der Waals surface area contributed by atoms with Gasteiger partial charge in [0.25, 0.3) is 0 Å². The van der Waals surface area contributed by atoms with Crippen LogP contribution in [-0.4, -0.2) is 35.1 Å². The Labute approximate surface area is 125 Å². The molecule has 6 heteroatoms. The van der Waals surface area contributed by atoms with Crippen LogP contribution in [0, 0.1) is 0 Å². The Morgan fingerprint density at radius 3 is 2.57 bits per heavy atom. The number of aromatic nitrogens is 1. The fraction of sp³-hybridized carbons (Fsp3) is 0.533. The summed E-state index contributed by atoms with van der Waals surface area (Å²) in [6.45, 7) is 5.88. The Morgan fingerprint density at radius 1 is 1.38 bits per heavy atom. The molecular formula is C15H22N2O4. The predicted octanol–water partition coefficient (Wildman–Crippen LogP) is 1.88. The van der Waals surface area contributed by atoms with Gasteiger partial charge in [-0.2, -0.15) is 0 Å². The largest absolute Gasteiger partial charge is 0.469 e. The van der Waals surface area contributed by atoms with E-state index in [0.29, 0.717) is 24.9 Å². The number of hydrogen-bond acceptors (Lipinski definition) is 5. The Balaban J connectivity index is 2.57. The number of nitrogens with zero attached hydrogens (tertiary/aromatic N) is 2. The van der Waals surface area contributed by atoms with Gasteiger partial charge in [-0.05, 0) is 38.8 Å². The molecule has 0 atom stereocenters. The van der Waals surface area contributed by atoms with E-state index in [1.54, 1.807) is 6.20 Å². The molecule has 0 unspecified atom stereocenters. The molecule has 1 rings (SSSR count). The first kappa shape index (κ1) is 17.1. The van der Waals surface area contributed by atoms with E-state index in [1.165, 1.54) is 12.2 Å². The van der Waals surface area contributed by atoms with Crippen LogP contribution in [0.5, 0.6) is 0 Å². The van der Waals surface area contributed by atoms with Gasteiger partial charge in [0.1, 0.15) is 0 Å². The van der Waals surface area contributed by atoms with Gasteiger partial charge in [0, 0.05) is 12.6 Å². The SMILES string of the molecule is COC(=O)CCc1ccc(CN(C=O)OC(C)(C)C)nc1. The van der Waals surface area contributed by atoms with Crippen LogP contribution in [0.4, 0.5) is 0 Å². The Morgan fingerprint density at radius 2 is 2.10 bits per heavy atom. The molecule has 0 aromatic carbocycles. The smallest absolute Gasteiger partial charge is 0.305 e. The maximum atomic E-state index is 11.1. The van der Waals surface area contributed by atoms with Gasteiger partial charge in [0.2, 0.25) is 6.41 Å². The molecule has 0 aliphatic carbocycles.